The molecular formula is C13H19N3O. The van der Waals surface area contributed by atoms with Gasteiger partial charge in [0.05, 0.1) is 17.7 Å². The van der Waals surface area contributed by atoms with Crippen LogP contribution in [-0.4, -0.2) is 24.0 Å². The first kappa shape index (κ1) is 12.0. The zero-order valence-electron chi connectivity index (χ0n) is 10.2. The summed E-state index contributed by atoms with van der Waals surface area (Å²) in [6, 6.07) is 5.73. The summed E-state index contributed by atoms with van der Waals surface area (Å²) in [6.07, 6.45) is 3.56. The smallest absolute Gasteiger partial charge is 0.227 e. The van der Waals surface area contributed by atoms with Crippen molar-refractivity contribution in [2.75, 3.05) is 13.1 Å². The highest BCUT2D eigenvalue weighted by Gasteiger charge is 2.39. The van der Waals surface area contributed by atoms with E-state index in [4.69, 9.17) is 0 Å². The molecule has 1 aromatic rings. The lowest BCUT2D eigenvalue weighted by atomic mass is 9.83. The molecule has 2 N–H and O–H groups in total. The van der Waals surface area contributed by atoms with Gasteiger partial charge in [-0.2, -0.15) is 0 Å². The summed E-state index contributed by atoms with van der Waals surface area (Å²) in [6.45, 7) is 4.32. The monoisotopic (exact) mass is 233 g/mol. The Kier molecular flexibility index (Phi) is 3.74. The van der Waals surface area contributed by atoms with Crippen molar-refractivity contribution in [1.82, 2.24) is 15.6 Å². The maximum atomic E-state index is 12.2. The Morgan fingerprint density at radius 2 is 2.47 bits per heavy atom. The minimum atomic E-state index is -0.214. The molecule has 1 unspecified atom stereocenters. The van der Waals surface area contributed by atoms with Gasteiger partial charge in [-0.05, 0) is 31.5 Å². The largest absolute Gasteiger partial charge is 0.350 e. The second kappa shape index (κ2) is 5.27. The molecule has 0 aliphatic carbocycles. The van der Waals surface area contributed by atoms with Gasteiger partial charge in [0.15, 0.2) is 0 Å². The third-order valence-corrected chi connectivity index (χ3v) is 3.56. The van der Waals surface area contributed by atoms with Crippen LogP contribution in [0.25, 0.3) is 0 Å². The SMILES string of the molecule is CCC1(C(=O)NCc2ccccn2)CCNC1. The number of nitrogens with one attached hydrogen (secondary N) is 2. The molecule has 4 heteroatoms. The number of carbonyl (C=O) groups excluding carboxylic acids is 1. The molecule has 92 valence electrons. The number of aromatic nitrogens is 1. The first-order chi connectivity index (χ1) is 8.27. The molecule has 1 atom stereocenters. The van der Waals surface area contributed by atoms with E-state index >= 15 is 0 Å². The summed E-state index contributed by atoms with van der Waals surface area (Å²) in [5.74, 6) is 0.149. The lowest BCUT2D eigenvalue weighted by Crippen LogP contribution is -2.41. The van der Waals surface area contributed by atoms with Crippen LogP contribution in [0.5, 0.6) is 0 Å². The number of hydrogen-bond acceptors (Lipinski definition) is 3. The highest BCUT2D eigenvalue weighted by atomic mass is 16.2. The van der Waals surface area contributed by atoms with Crippen LogP contribution in [0.4, 0.5) is 0 Å². The van der Waals surface area contributed by atoms with Crippen molar-refractivity contribution in [2.24, 2.45) is 5.41 Å². The van der Waals surface area contributed by atoms with Gasteiger partial charge < -0.3 is 10.6 Å². The third kappa shape index (κ3) is 2.64. The molecule has 2 heterocycles. The minimum Gasteiger partial charge on any atom is -0.350 e. The minimum absolute atomic E-state index is 0.149. The van der Waals surface area contributed by atoms with E-state index in [1.807, 2.05) is 18.2 Å². The quantitative estimate of drug-likeness (QED) is 0.818. The zero-order chi connectivity index (χ0) is 12.1. The Morgan fingerprint density at radius 3 is 3.06 bits per heavy atom. The second-order valence-corrected chi connectivity index (χ2v) is 4.56. The third-order valence-electron chi connectivity index (χ3n) is 3.56. The Labute approximate surface area is 102 Å². The van der Waals surface area contributed by atoms with Crippen LogP contribution >= 0.6 is 0 Å². The number of carbonyl (C=O) groups is 1. The number of amides is 1. The highest BCUT2D eigenvalue weighted by molar-refractivity contribution is 5.83. The van der Waals surface area contributed by atoms with Crippen LogP contribution in [0.1, 0.15) is 25.5 Å². The molecule has 0 saturated carbocycles. The molecule has 1 aromatic heterocycles. The second-order valence-electron chi connectivity index (χ2n) is 4.56. The Hall–Kier alpha value is -1.42. The van der Waals surface area contributed by atoms with Crippen LogP contribution in [0, 0.1) is 5.41 Å². The first-order valence-electron chi connectivity index (χ1n) is 6.16. The van der Waals surface area contributed by atoms with Crippen LogP contribution in [-0.2, 0) is 11.3 Å². The van der Waals surface area contributed by atoms with Crippen molar-refractivity contribution in [3.8, 4) is 0 Å². The standard InChI is InChI=1S/C13H19N3O/c1-2-13(6-8-14-10-13)12(17)16-9-11-5-3-4-7-15-11/h3-5,7,14H,2,6,8-10H2,1H3,(H,16,17). The molecule has 0 spiro atoms. The molecule has 0 bridgehead atoms. The van der Waals surface area contributed by atoms with Crippen molar-refractivity contribution in [2.45, 2.75) is 26.3 Å². The van der Waals surface area contributed by atoms with Crippen LogP contribution < -0.4 is 10.6 Å². The van der Waals surface area contributed by atoms with E-state index in [0.717, 1.165) is 31.6 Å². The van der Waals surface area contributed by atoms with Gasteiger partial charge in [0.25, 0.3) is 0 Å². The van der Waals surface area contributed by atoms with Gasteiger partial charge in [0, 0.05) is 12.7 Å². The lowest BCUT2D eigenvalue weighted by Gasteiger charge is -2.25. The van der Waals surface area contributed by atoms with E-state index in [1.165, 1.54) is 0 Å². The fourth-order valence-corrected chi connectivity index (χ4v) is 2.26. The molecule has 2 rings (SSSR count). The highest BCUT2D eigenvalue weighted by Crippen LogP contribution is 2.29. The van der Waals surface area contributed by atoms with Gasteiger partial charge in [0.1, 0.15) is 0 Å². The van der Waals surface area contributed by atoms with Gasteiger partial charge in [-0.1, -0.05) is 13.0 Å². The number of rotatable bonds is 4. The van der Waals surface area contributed by atoms with Crippen LogP contribution in [0.2, 0.25) is 0 Å². The van der Waals surface area contributed by atoms with E-state index in [-0.39, 0.29) is 11.3 Å². The predicted molar refractivity (Wildman–Crippen MR) is 66.3 cm³/mol. The molecule has 0 radical (unpaired) electrons. The van der Waals surface area contributed by atoms with Crippen molar-refractivity contribution in [1.29, 1.82) is 0 Å². The number of hydrogen-bond donors (Lipinski definition) is 2. The maximum Gasteiger partial charge on any atom is 0.227 e. The van der Waals surface area contributed by atoms with Gasteiger partial charge in [-0.15, -0.1) is 0 Å². The maximum absolute atomic E-state index is 12.2. The molecule has 0 aromatic carbocycles. The van der Waals surface area contributed by atoms with Gasteiger partial charge in [-0.25, -0.2) is 0 Å². The van der Waals surface area contributed by atoms with E-state index in [0.29, 0.717) is 6.54 Å². The number of nitrogens with zero attached hydrogens (tertiary/aromatic N) is 1. The summed E-state index contributed by atoms with van der Waals surface area (Å²) < 4.78 is 0. The molecule has 1 aliphatic heterocycles. The van der Waals surface area contributed by atoms with Gasteiger partial charge >= 0.3 is 0 Å². The molecule has 1 amide bonds. The summed E-state index contributed by atoms with van der Waals surface area (Å²) in [5, 5.41) is 6.26. The predicted octanol–water partition coefficient (Wildman–Crippen LogP) is 1.09. The van der Waals surface area contributed by atoms with E-state index < -0.39 is 0 Å². The lowest BCUT2D eigenvalue weighted by molar-refractivity contribution is -0.130. The normalized spacial score (nSPS) is 23.6. The van der Waals surface area contributed by atoms with Crippen LogP contribution in [0.15, 0.2) is 24.4 Å². The average molecular weight is 233 g/mol. The van der Waals surface area contributed by atoms with Gasteiger partial charge in [-0.3, -0.25) is 9.78 Å². The van der Waals surface area contributed by atoms with E-state index in [1.54, 1.807) is 6.20 Å². The Bertz CT molecular complexity index is 372. The zero-order valence-corrected chi connectivity index (χ0v) is 10.2. The Balaban J connectivity index is 1.93. The molecule has 4 nitrogen and oxygen atoms in total. The molecule has 1 fully saturated rings. The average Bonchev–Trinajstić information content (AvgIpc) is 2.87. The van der Waals surface area contributed by atoms with Gasteiger partial charge in [0.2, 0.25) is 5.91 Å². The number of pyridine rings is 1. The first-order valence-corrected chi connectivity index (χ1v) is 6.16. The molecule has 17 heavy (non-hydrogen) atoms. The van der Waals surface area contributed by atoms with E-state index in [9.17, 15) is 4.79 Å². The van der Waals surface area contributed by atoms with E-state index in [2.05, 4.69) is 22.5 Å². The topological polar surface area (TPSA) is 54.0 Å². The molecular weight excluding hydrogens is 214 g/mol. The Morgan fingerprint density at radius 1 is 1.59 bits per heavy atom. The van der Waals surface area contributed by atoms with Crippen molar-refractivity contribution in [3.63, 3.8) is 0 Å². The molecule has 1 aliphatic rings. The van der Waals surface area contributed by atoms with Crippen molar-refractivity contribution < 1.29 is 4.79 Å². The molecule has 1 saturated heterocycles. The summed E-state index contributed by atoms with van der Waals surface area (Å²) in [7, 11) is 0. The summed E-state index contributed by atoms with van der Waals surface area (Å²) in [4.78, 5) is 16.4. The summed E-state index contributed by atoms with van der Waals surface area (Å²) in [5.41, 5.74) is 0.687. The van der Waals surface area contributed by atoms with Crippen LogP contribution in [0.3, 0.4) is 0 Å². The summed E-state index contributed by atoms with van der Waals surface area (Å²) >= 11 is 0. The van der Waals surface area contributed by atoms with Crippen molar-refractivity contribution in [3.05, 3.63) is 30.1 Å². The van der Waals surface area contributed by atoms with Crippen molar-refractivity contribution >= 4 is 5.91 Å². The fraction of sp³-hybridized carbons (Fsp3) is 0.538. The fourth-order valence-electron chi connectivity index (χ4n) is 2.26.